The number of rotatable bonds is 4. The Labute approximate surface area is 91.4 Å². The molecule has 0 heterocycles. The van der Waals surface area contributed by atoms with Crippen LogP contribution in [0.15, 0.2) is 0 Å². The molecule has 0 aromatic carbocycles. The van der Waals surface area contributed by atoms with E-state index in [2.05, 4.69) is 0 Å². The minimum absolute atomic E-state index is 0.0342. The SMILES string of the molecule is CC(CCl)N(C)C(=O)COC(C)(C)C. The van der Waals surface area contributed by atoms with Crippen molar-refractivity contribution in [1.29, 1.82) is 0 Å². The lowest BCUT2D eigenvalue weighted by molar-refractivity contribution is -0.141. The molecule has 0 aliphatic carbocycles. The molecule has 84 valence electrons. The van der Waals surface area contributed by atoms with Crippen molar-refractivity contribution in [3.63, 3.8) is 0 Å². The summed E-state index contributed by atoms with van der Waals surface area (Å²) in [6.45, 7) is 7.78. The third-order valence-corrected chi connectivity index (χ3v) is 2.35. The van der Waals surface area contributed by atoms with E-state index in [0.29, 0.717) is 5.88 Å². The first-order valence-corrected chi connectivity index (χ1v) is 5.27. The van der Waals surface area contributed by atoms with Crippen LogP contribution in [0, 0.1) is 0 Å². The number of ether oxygens (including phenoxy) is 1. The Morgan fingerprint density at radius 1 is 1.50 bits per heavy atom. The Morgan fingerprint density at radius 3 is 2.36 bits per heavy atom. The predicted molar refractivity (Wildman–Crippen MR) is 58.7 cm³/mol. The molecule has 1 amide bonds. The second kappa shape index (κ2) is 5.56. The van der Waals surface area contributed by atoms with E-state index in [0.717, 1.165) is 0 Å². The molecule has 0 saturated carbocycles. The molecule has 0 N–H and O–H groups in total. The quantitative estimate of drug-likeness (QED) is 0.679. The van der Waals surface area contributed by atoms with E-state index in [4.69, 9.17) is 16.3 Å². The van der Waals surface area contributed by atoms with Gasteiger partial charge < -0.3 is 9.64 Å². The fourth-order valence-electron chi connectivity index (χ4n) is 0.729. The summed E-state index contributed by atoms with van der Waals surface area (Å²) in [5, 5.41) is 0. The highest BCUT2D eigenvalue weighted by atomic mass is 35.5. The van der Waals surface area contributed by atoms with Crippen LogP contribution >= 0.6 is 11.6 Å². The van der Waals surface area contributed by atoms with Crippen LogP contribution in [-0.4, -0.2) is 42.0 Å². The van der Waals surface area contributed by atoms with Crippen LogP contribution in [0.3, 0.4) is 0 Å². The van der Waals surface area contributed by atoms with Gasteiger partial charge in [-0.05, 0) is 27.7 Å². The Bertz CT molecular complexity index is 189. The van der Waals surface area contributed by atoms with Crippen molar-refractivity contribution in [2.75, 3.05) is 19.5 Å². The molecule has 4 heteroatoms. The van der Waals surface area contributed by atoms with Gasteiger partial charge >= 0.3 is 0 Å². The number of alkyl halides is 1. The lowest BCUT2D eigenvalue weighted by Gasteiger charge is -2.25. The number of likely N-dealkylation sites (N-methyl/N-ethyl adjacent to an activating group) is 1. The number of carbonyl (C=O) groups excluding carboxylic acids is 1. The molecular weight excluding hydrogens is 202 g/mol. The largest absolute Gasteiger partial charge is 0.366 e. The smallest absolute Gasteiger partial charge is 0.248 e. The Morgan fingerprint density at radius 2 is 2.00 bits per heavy atom. The van der Waals surface area contributed by atoms with Gasteiger partial charge in [-0.3, -0.25) is 4.79 Å². The Kier molecular flexibility index (Phi) is 5.45. The second-order valence-corrected chi connectivity index (χ2v) is 4.72. The maximum Gasteiger partial charge on any atom is 0.248 e. The monoisotopic (exact) mass is 221 g/mol. The van der Waals surface area contributed by atoms with Crippen molar-refractivity contribution in [3.8, 4) is 0 Å². The van der Waals surface area contributed by atoms with Crippen LogP contribution in [-0.2, 0) is 9.53 Å². The van der Waals surface area contributed by atoms with Gasteiger partial charge in [-0.2, -0.15) is 0 Å². The van der Waals surface area contributed by atoms with Gasteiger partial charge in [-0.15, -0.1) is 11.6 Å². The molecule has 0 aromatic rings. The van der Waals surface area contributed by atoms with Crippen molar-refractivity contribution >= 4 is 17.5 Å². The van der Waals surface area contributed by atoms with E-state index in [1.807, 2.05) is 27.7 Å². The molecule has 3 nitrogen and oxygen atoms in total. The molecule has 0 aliphatic heterocycles. The van der Waals surface area contributed by atoms with Gasteiger partial charge in [0.05, 0.1) is 5.60 Å². The summed E-state index contributed by atoms with van der Waals surface area (Å²) < 4.78 is 5.37. The normalized spacial score (nSPS) is 13.9. The number of amides is 1. The molecule has 0 bridgehead atoms. The molecule has 0 spiro atoms. The van der Waals surface area contributed by atoms with Crippen LogP contribution in [0.5, 0.6) is 0 Å². The number of halogens is 1. The molecule has 1 unspecified atom stereocenters. The maximum atomic E-state index is 11.5. The molecular formula is C10H20ClNO2. The van der Waals surface area contributed by atoms with Gasteiger partial charge in [-0.1, -0.05) is 0 Å². The average Bonchev–Trinajstić information content (AvgIpc) is 2.10. The maximum absolute atomic E-state index is 11.5. The minimum atomic E-state index is -0.277. The lowest BCUT2D eigenvalue weighted by atomic mass is 10.2. The zero-order valence-corrected chi connectivity index (χ0v) is 10.4. The predicted octanol–water partition coefficient (Wildman–Crippen LogP) is 1.89. The van der Waals surface area contributed by atoms with E-state index >= 15 is 0 Å². The number of hydrogen-bond donors (Lipinski definition) is 0. The third-order valence-electron chi connectivity index (χ3n) is 1.91. The standard InChI is InChI=1S/C10H20ClNO2/c1-8(6-11)12(5)9(13)7-14-10(2,3)4/h8H,6-7H2,1-5H3. The summed E-state index contributed by atoms with van der Waals surface area (Å²) >= 11 is 5.65. The highest BCUT2D eigenvalue weighted by molar-refractivity contribution is 6.18. The van der Waals surface area contributed by atoms with E-state index in [9.17, 15) is 4.79 Å². The van der Waals surface area contributed by atoms with Gasteiger partial charge in [0.15, 0.2) is 0 Å². The first-order valence-electron chi connectivity index (χ1n) is 4.73. The molecule has 0 saturated heterocycles. The summed E-state index contributed by atoms with van der Waals surface area (Å²) in [4.78, 5) is 13.1. The van der Waals surface area contributed by atoms with E-state index < -0.39 is 0 Å². The van der Waals surface area contributed by atoms with Crippen LogP contribution in [0.25, 0.3) is 0 Å². The average molecular weight is 222 g/mol. The molecule has 0 aromatic heterocycles. The van der Waals surface area contributed by atoms with Crippen LogP contribution < -0.4 is 0 Å². The molecule has 1 atom stereocenters. The molecule has 14 heavy (non-hydrogen) atoms. The minimum Gasteiger partial charge on any atom is -0.366 e. The summed E-state index contributed by atoms with van der Waals surface area (Å²) in [5.41, 5.74) is -0.277. The topological polar surface area (TPSA) is 29.5 Å². The molecule has 0 rings (SSSR count). The number of nitrogens with zero attached hydrogens (tertiary/aromatic N) is 1. The van der Waals surface area contributed by atoms with E-state index in [-0.39, 0.29) is 24.2 Å². The van der Waals surface area contributed by atoms with Gasteiger partial charge in [-0.25, -0.2) is 0 Å². The molecule has 0 radical (unpaired) electrons. The molecule has 0 aliphatic rings. The van der Waals surface area contributed by atoms with Crippen LogP contribution in [0.4, 0.5) is 0 Å². The van der Waals surface area contributed by atoms with Gasteiger partial charge in [0.2, 0.25) is 5.91 Å². The number of hydrogen-bond acceptors (Lipinski definition) is 2. The van der Waals surface area contributed by atoms with Gasteiger partial charge in [0, 0.05) is 19.0 Å². The van der Waals surface area contributed by atoms with Gasteiger partial charge in [0.1, 0.15) is 6.61 Å². The molecule has 0 fully saturated rings. The summed E-state index contributed by atoms with van der Waals surface area (Å²) in [6, 6.07) is 0.0488. The second-order valence-electron chi connectivity index (χ2n) is 4.41. The summed E-state index contributed by atoms with van der Waals surface area (Å²) in [6.07, 6.45) is 0. The van der Waals surface area contributed by atoms with Crippen molar-refractivity contribution in [3.05, 3.63) is 0 Å². The van der Waals surface area contributed by atoms with Gasteiger partial charge in [0.25, 0.3) is 0 Å². The fourth-order valence-corrected chi connectivity index (χ4v) is 0.936. The Hall–Kier alpha value is -0.280. The van der Waals surface area contributed by atoms with E-state index in [1.54, 1.807) is 11.9 Å². The third kappa shape index (κ3) is 5.45. The van der Waals surface area contributed by atoms with Crippen LogP contribution in [0.2, 0.25) is 0 Å². The summed E-state index contributed by atoms with van der Waals surface area (Å²) in [5.74, 6) is 0.408. The van der Waals surface area contributed by atoms with Crippen LogP contribution in [0.1, 0.15) is 27.7 Å². The fraction of sp³-hybridized carbons (Fsp3) is 0.900. The van der Waals surface area contributed by atoms with Crippen molar-refractivity contribution in [2.24, 2.45) is 0 Å². The number of carbonyl (C=O) groups is 1. The first kappa shape index (κ1) is 13.7. The van der Waals surface area contributed by atoms with Crippen molar-refractivity contribution in [2.45, 2.75) is 39.3 Å². The lowest BCUT2D eigenvalue weighted by Crippen LogP contribution is -2.40. The first-order chi connectivity index (χ1) is 6.28. The zero-order chi connectivity index (χ0) is 11.4. The summed E-state index contributed by atoms with van der Waals surface area (Å²) in [7, 11) is 1.74. The Balaban J connectivity index is 3.97. The van der Waals surface area contributed by atoms with Crippen molar-refractivity contribution in [1.82, 2.24) is 4.90 Å². The van der Waals surface area contributed by atoms with Crippen molar-refractivity contribution < 1.29 is 9.53 Å². The highest BCUT2D eigenvalue weighted by Gasteiger charge is 2.18. The highest BCUT2D eigenvalue weighted by Crippen LogP contribution is 2.07. The zero-order valence-electron chi connectivity index (χ0n) is 9.63. The van der Waals surface area contributed by atoms with E-state index in [1.165, 1.54) is 0 Å².